The predicted octanol–water partition coefficient (Wildman–Crippen LogP) is 0.302. The zero-order chi connectivity index (χ0) is 12.5. The number of carboxylic acids is 1. The van der Waals surface area contributed by atoms with Crippen LogP contribution in [0.5, 0.6) is 0 Å². The molecule has 2 saturated heterocycles. The van der Waals surface area contributed by atoms with Crippen LogP contribution in [0.1, 0.15) is 26.7 Å². The van der Waals surface area contributed by atoms with Crippen molar-refractivity contribution in [1.82, 2.24) is 10.2 Å². The number of nitrogens with one attached hydrogen (secondary N) is 1. The molecule has 2 heterocycles. The third kappa shape index (κ3) is 2.97. The second kappa shape index (κ2) is 4.92. The number of carbonyl (C=O) groups is 1. The Balaban J connectivity index is 2.05. The molecule has 5 nitrogen and oxygen atoms in total. The molecule has 2 atom stereocenters. The summed E-state index contributed by atoms with van der Waals surface area (Å²) in [5, 5.41) is 12.4. The van der Waals surface area contributed by atoms with Crippen LogP contribution < -0.4 is 5.32 Å². The fourth-order valence-electron chi connectivity index (χ4n) is 2.87. The Labute approximate surface area is 102 Å². The minimum absolute atomic E-state index is 0.128. The highest BCUT2D eigenvalue weighted by Crippen LogP contribution is 2.28. The Morgan fingerprint density at radius 3 is 2.94 bits per heavy atom. The summed E-state index contributed by atoms with van der Waals surface area (Å²) in [5.74, 6) is -0.721. The molecular weight excluding hydrogens is 220 g/mol. The third-order valence-electron chi connectivity index (χ3n) is 3.71. The van der Waals surface area contributed by atoms with E-state index in [9.17, 15) is 9.90 Å². The van der Waals surface area contributed by atoms with Gasteiger partial charge >= 0.3 is 5.97 Å². The fourth-order valence-corrected chi connectivity index (χ4v) is 2.87. The van der Waals surface area contributed by atoms with Gasteiger partial charge in [-0.25, -0.2) is 0 Å². The Morgan fingerprint density at radius 2 is 2.29 bits per heavy atom. The van der Waals surface area contributed by atoms with Crippen LogP contribution in [0.15, 0.2) is 0 Å². The van der Waals surface area contributed by atoms with E-state index < -0.39 is 5.97 Å². The van der Waals surface area contributed by atoms with E-state index in [-0.39, 0.29) is 11.6 Å². The standard InChI is InChI=1S/C12H22N2O3/c1-12(2)7-9(3-6-17-12)14-5-4-13-8-10(14)11(15)16/h9-10,13H,3-8H2,1-2H3,(H,15,16). The molecular formula is C12H22N2O3. The van der Waals surface area contributed by atoms with Crippen molar-refractivity contribution in [3.05, 3.63) is 0 Å². The molecule has 0 amide bonds. The first-order valence-electron chi connectivity index (χ1n) is 6.33. The van der Waals surface area contributed by atoms with Crippen LogP contribution in [0.2, 0.25) is 0 Å². The summed E-state index contributed by atoms with van der Waals surface area (Å²) in [5.41, 5.74) is -0.128. The SMILES string of the molecule is CC1(C)CC(N2CCNCC2C(=O)O)CCO1. The molecule has 0 spiro atoms. The highest BCUT2D eigenvalue weighted by atomic mass is 16.5. The quantitative estimate of drug-likeness (QED) is 0.729. The number of hydrogen-bond acceptors (Lipinski definition) is 4. The van der Waals surface area contributed by atoms with Crippen molar-refractivity contribution in [3.8, 4) is 0 Å². The average molecular weight is 242 g/mol. The molecule has 98 valence electrons. The number of piperazine rings is 1. The molecule has 0 radical (unpaired) electrons. The molecule has 2 rings (SSSR count). The van der Waals surface area contributed by atoms with Gasteiger partial charge in [0.15, 0.2) is 0 Å². The molecule has 2 aliphatic rings. The van der Waals surface area contributed by atoms with E-state index in [0.717, 1.165) is 32.5 Å². The second-order valence-corrected chi connectivity index (χ2v) is 5.55. The highest BCUT2D eigenvalue weighted by molar-refractivity contribution is 5.74. The van der Waals surface area contributed by atoms with Crippen molar-refractivity contribution in [1.29, 1.82) is 0 Å². The fraction of sp³-hybridized carbons (Fsp3) is 0.917. The lowest BCUT2D eigenvalue weighted by Crippen LogP contribution is -2.60. The van der Waals surface area contributed by atoms with Gasteiger partial charge < -0.3 is 15.2 Å². The van der Waals surface area contributed by atoms with Gasteiger partial charge in [0.25, 0.3) is 0 Å². The van der Waals surface area contributed by atoms with Crippen LogP contribution in [0, 0.1) is 0 Å². The molecule has 17 heavy (non-hydrogen) atoms. The van der Waals surface area contributed by atoms with Gasteiger partial charge in [-0.05, 0) is 26.7 Å². The molecule has 0 bridgehead atoms. The van der Waals surface area contributed by atoms with Crippen LogP contribution >= 0.6 is 0 Å². The minimum Gasteiger partial charge on any atom is -0.480 e. The van der Waals surface area contributed by atoms with Gasteiger partial charge in [-0.3, -0.25) is 9.69 Å². The molecule has 2 unspecified atom stereocenters. The zero-order valence-corrected chi connectivity index (χ0v) is 10.6. The van der Waals surface area contributed by atoms with E-state index in [1.54, 1.807) is 0 Å². The van der Waals surface area contributed by atoms with Crippen molar-refractivity contribution in [2.24, 2.45) is 0 Å². The summed E-state index contributed by atoms with van der Waals surface area (Å²) < 4.78 is 5.69. The van der Waals surface area contributed by atoms with E-state index in [2.05, 4.69) is 24.1 Å². The lowest BCUT2D eigenvalue weighted by atomic mass is 9.91. The predicted molar refractivity (Wildman–Crippen MR) is 64.1 cm³/mol. The maximum absolute atomic E-state index is 11.3. The van der Waals surface area contributed by atoms with Gasteiger partial charge in [0.2, 0.25) is 0 Å². The Morgan fingerprint density at radius 1 is 1.53 bits per heavy atom. The lowest BCUT2D eigenvalue weighted by molar-refractivity contribution is -0.148. The summed E-state index contributed by atoms with van der Waals surface area (Å²) in [6.45, 7) is 7.13. The van der Waals surface area contributed by atoms with Crippen LogP contribution in [-0.2, 0) is 9.53 Å². The van der Waals surface area contributed by atoms with Crippen molar-refractivity contribution in [3.63, 3.8) is 0 Å². The number of ether oxygens (including phenoxy) is 1. The molecule has 5 heteroatoms. The second-order valence-electron chi connectivity index (χ2n) is 5.55. The maximum atomic E-state index is 11.3. The number of nitrogens with zero attached hydrogens (tertiary/aromatic N) is 1. The third-order valence-corrected chi connectivity index (χ3v) is 3.71. The number of aliphatic carboxylic acids is 1. The number of hydrogen-bond donors (Lipinski definition) is 2. The van der Waals surface area contributed by atoms with Crippen molar-refractivity contribution < 1.29 is 14.6 Å². The molecule has 0 aromatic carbocycles. The molecule has 2 N–H and O–H groups in total. The summed E-state index contributed by atoms with van der Waals surface area (Å²) in [4.78, 5) is 13.4. The number of rotatable bonds is 2. The highest BCUT2D eigenvalue weighted by Gasteiger charge is 2.38. The van der Waals surface area contributed by atoms with Gasteiger partial charge in [-0.2, -0.15) is 0 Å². The smallest absolute Gasteiger partial charge is 0.322 e. The van der Waals surface area contributed by atoms with E-state index in [1.165, 1.54) is 0 Å². The van der Waals surface area contributed by atoms with E-state index in [1.807, 2.05) is 0 Å². The van der Waals surface area contributed by atoms with E-state index in [0.29, 0.717) is 12.6 Å². The van der Waals surface area contributed by atoms with Gasteiger partial charge in [0.05, 0.1) is 5.60 Å². The van der Waals surface area contributed by atoms with Crippen LogP contribution in [0.3, 0.4) is 0 Å². The Hall–Kier alpha value is -0.650. The summed E-state index contributed by atoms with van der Waals surface area (Å²) >= 11 is 0. The van der Waals surface area contributed by atoms with Crippen molar-refractivity contribution in [2.45, 2.75) is 44.4 Å². The Kier molecular flexibility index (Phi) is 3.70. The summed E-state index contributed by atoms with van der Waals surface area (Å²) in [6.07, 6.45) is 1.85. The van der Waals surface area contributed by atoms with Gasteiger partial charge in [0.1, 0.15) is 6.04 Å². The average Bonchev–Trinajstić information content (AvgIpc) is 2.27. The first-order chi connectivity index (χ1) is 7.99. The van der Waals surface area contributed by atoms with Crippen LogP contribution in [0.25, 0.3) is 0 Å². The van der Waals surface area contributed by atoms with E-state index >= 15 is 0 Å². The van der Waals surface area contributed by atoms with Crippen molar-refractivity contribution >= 4 is 5.97 Å². The normalized spacial score (nSPS) is 34.5. The first-order valence-corrected chi connectivity index (χ1v) is 6.33. The van der Waals surface area contributed by atoms with Crippen LogP contribution in [0.4, 0.5) is 0 Å². The van der Waals surface area contributed by atoms with E-state index in [4.69, 9.17) is 4.74 Å². The molecule has 0 aromatic heterocycles. The minimum atomic E-state index is -0.721. The molecule has 0 saturated carbocycles. The lowest BCUT2D eigenvalue weighted by Gasteiger charge is -2.45. The Bertz CT molecular complexity index is 293. The van der Waals surface area contributed by atoms with Gasteiger partial charge in [0, 0.05) is 32.3 Å². The largest absolute Gasteiger partial charge is 0.480 e. The number of carboxylic acid groups (broad SMARTS) is 1. The first kappa shape index (κ1) is 12.8. The topological polar surface area (TPSA) is 61.8 Å². The molecule has 0 aliphatic carbocycles. The zero-order valence-electron chi connectivity index (χ0n) is 10.6. The summed E-state index contributed by atoms with van der Waals surface area (Å²) in [7, 11) is 0. The maximum Gasteiger partial charge on any atom is 0.322 e. The van der Waals surface area contributed by atoms with Gasteiger partial charge in [-0.1, -0.05) is 0 Å². The molecule has 2 aliphatic heterocycles. The molecule has 2 fully saturated rings. The molecule has 0 aromatic rings. The van der Waals surface area contributed by atoms with Crippen molar-refractivity contribution in [2.75, 3.05) is 26.2 Å². The van der Waals surface area contributed by atoms with Crippen LogP contribution in [-0.4, -0.2) is 59.9 Å². The summed E-state index contributed by atoms with van der Waals surface area (Å²) in [6, 6.07) is -0.0513. The van der Waals surface area contributed by atoms with Gasteiger partial charge in [-0.15, -0.1) is 0 Å². The monoisotopic (exact) mass is 242 g/mol.